The second-order valence-corrected chi connectivity index (χ2v) is 10.2. The Morgan fingerprint density at radius 3 is 2.72 bits per heavy atom. The maximum absolute atomic E-state index is 9.58. The maximum atomic E-state index is 9.58. The summed E-state index contributed by atoms with van der Waals surface area (Å²) >= 11 is 0. The van der Waals surface area contributed by atoms with E-state index in [1.54, 1.807) is 7.11 Å². The number of nitrogens with zero attached hydrogens (tertiary/aromatic N) is 6. The summed E-state index contributed by atoms with van der Waals surface area (Å²) in [4.78, 5) is 16.9. The molecule has 9 heteroatoms. The van der Waals surface area contributed by atoms with E-state index < -0.39 is 0 Å². The Kier molecular flexibility index (Phi) is 5.83. The molecular formula is C27H30BN7O. The zero-order valence-electron chi connectivity index (χ0n) is 20.8. The van der Waals surface area contributed by atoms with Gasteiger partial charge in [-0.1, -0.05) is 12.1 Å². The summed E-state index contributed by atoms with van der Waals surface area (Å²) in [6, 6.07) is 15.0. The Morgan fingerprint density at radius 1 is 1.08 bits per heavy atom. The molecule has 5 heterocycles. The first-order valence-electron chi connectivity index (χ1n) is 12.6. The number of anilines is 2. The standard InChI is InChI=1S/C27H30BN7O/c1-16-12-34(22-6-3-17(11-29)27-19(22)4-7-25(28)32-27)15-23-18-5-8-26(31-21(18)14-35(16)23)33-10-9-24(36-2)20(30)13-33/h3-8,16,20,23-24H,9-10,12-15,30H2,1-2H3/t16-,20+,23-,24+/m1/s1. The minimum atomic E-state index is -0.00852. The summed E-state index contributed by atoms with van der Waals surface area (Å²) in [5, 5.41) is 10.5. The number of ether oxygens (including phenoxy) is 1. The van der Waals surface area contributed by atoms with E-state index in [0.717, 1.165) is 61.7 Å². The van der Waals surface area contributed by atoms with Crippen molar-refractivity contribution in [3.8, 4) is 6.07 Å². The van der Waals surface area contributed by atoms with Gasteiger partial charge in [0.05, 0.1) is 28.9 Å². The van der Waals surface area contributed by atoms with Crippen LogP contribution in [0.5, 0.6) is 0 Å². The summed E-state index contributed by atoms with van der Waals surface area (Å²) in [5.41, 5.74) is 11.5. The number of nitrogens with two attached hydrogens (primary N) is 1. The number of hydrogen-bond donors (Lipinski definition) is 1. The molecule has 8 nitrogen and oxygen atoms in total. The molecule has 0 spiro atoms. The van der Waals surface area contributed by atoms with E-state index in [9.17, 15) is 5.26 Å². The molecule has 0 amide bonds. The molecule has 0 aliphatic carbocycles. The van der Waals surface area contributed by atoms with Crippen LogP contribution in [0, 0.1) is 11.3 Å². The average Bonchev–Trinajstić information content (AvgIpc) is 3.26. The van der Waals surface area contributed by atoms with Crippen molar-refractivity contribution in [3.05, 3.63) is 53.2 Å². The van der Waals surface area contributed by atoms with Crippen molar-refractivity contribution >= 4 is 35.8 Å². The molecule has 0 unspecified atom stereocenters. The Bertz CT molecular complexity index is 1360. The van der Waals surface area contributed by atoms with Crippen LogP contribution in [0.4, 0.5) is 11.5 Å². The first-order valence-corrected chi connectivity index (χ1v) is 12.6. The molecule has 3 aliphatic rings. The van der Waals surface area contributed by atoms with E-state index in [1.165, 1.54) is 5.56 Å². The van der Waals surface area contributed by atoms with Crippen LogP contribution in [0.1, 0.15) is 36.2 Å². The molecule has 2 saturated heterocycles. The minimum absolute atomic E-state index is 0.00852. The Labute approximate surface area is 213 Å². The number of benzene rings is 1. The maximum Gasteiger partial charge on any atom is 0.141 e. The quantitative estimate of drug-likeness (QED) is 0.567. The number of rotatable bonds is 3. The van der Waals surface area contributed by atoms with Crippen molar-refractivity contribution < 1.29 is 4.74 Å². The molecule has 4 atom stereocenters. The van der Waals surface area contributed by atoms with E-state index in [4.69, 9.17) is 23.3 Å². The molecule has 36 heavy (non-hydrogen) atoms. The van der Waals surface area contributed by atoms with Crippen LogP contribution in [0.15, 0.2) is 36.4 Å². The van der Waals surface area contributed by atoms with E-state index in [1.807, 2.05) is 24.3 Å². The molecule has 0 bridgehead atoms. The highest BCUT2D eigenvalue weighted by Gasteiger charge is 2.40. The van der Waals surface area contributed by atoms with Gasteiger partial charge in [-0.05, 0) is 48.8 Å². The fourth-order valence-electron chi connectivity index (χ4n) is 6.18. The summed E-state index contributed by atoms with van der Waals surface area (Å²) in [6.45, 7) is 6.54. The summed E-state index contributed by atoms with van der Waals surface area (Å²) < 4.78 is 5.52. The largest absolute Gasteiger partial charge is 0.380 e. The fraction of sp³-hybridized carbons (Fsp3) is 0.444. The predicted molar refractivity (Wildman–Crippen MR) is 142 cm³/mol. The molecule has 1 aromatic carbocycles. The highest BCUT2D eigenvalue weighted by molar-refractivity contribution is 6.31. The highest BCUT2D eigenvalue weighted by Crippen LogP contribution is 2.41. The molecule has 0 saturated carbocycles. The van der Waals surface area contributed by atoms with Crippen LogP contribution in [-0.4, -0.2) is 74.2 Å². The fourth-order valence-corrected chi connectivity index (χ4v) is 6.18. The number of nitriles is 1. The molecule has 182 valence electrons. The monoisotopic (exact) mass is 479 g/mol. The van der Waals surface area contributed by atoms with Crippen LogP contribution in [-0.2, 0) is 11.3 Å². The normalized spacial score (nSPS) is 26.1. The van der Waals surface area contributed by atoms with Gasteiger partial charge in [0.2, 0.25) is 0 Å². The van der Waals surface area contributed by atoms with Gasteiger partial charge in [-0.15, -0.1) is 0 Å². The third kappa shape index (κ3) is 3.81. The number of hydrogen-bond acceptors (Lipinski definition) is 8. The van der Waals surface area contributed by atoms with Crippen LogP contribution >= 0.6 is 0 Å². The lowest BCUT2D eigenvalue weighted by atomic mass is 9.98. The molecule has 3 aromatic rings. The second-order valence-electron chi connectivity index (χ2n) is 10.2. The molecule has 2 N–H and O–H groups in total. The van der Waals surface area contributed by atoms with Gasteiger partial charge >= 0.3 is 0 Å². The number of piperidine rings is 1. The van der Waals surface area contributed by atoms with E-state index in [0.29, 0.717) is 22.7 Å². The second kappa shape index (κ2) is 9.04. The Morgan fingerprint density at radius 2 is 1.94 bits per heavy atom. The van der Waals surface area contributed by atoms with Crippen molar-refractivity contribution in [3.63, 3.8) is 0 Å². The predicted octanol–water partition coefficient (Wildman–Crippen LogP) is 1.61. The number of piperazine rings is 1. The van der Waals surface area contributed by atoms with Crippen LogP contribution in [0.2, 0.25) is 0 Å². The van der Waals surface area contributed by atoms with E-state index >= 15 is 0 Å². The lowest BCUT2D eigenvalue weighted by Crippen LogP contribution is -2.52. The summed E-state index contributed by atoms with van der Waals surface area (Å²) in [5.74, 6) is 1.00. The number of fused-ring (bicyclic) bond motifs is 4. The van der Waals surface area contributed by atoms with Gasteiger partial charge in [0.15, 0.2) is 0 Å². The summed E-state index contributed by atoms with van der Waals surface area (Å²) in [6.07, 6.45) is 1.03. The molecule has 3 aliphatic heterocycles. The van der Waals surface area contributed by atoms with Gasteiger partial charge in [0.25, 0.3) is 0 Å². The van der Waals surface area contributed by atoms with Crippen molar-refractivity contribution in [2.75, 3.05) is 43.1 Å². The molecule has 2 fully saturated rings. The van der Waals surface area contributed by atoms with Crippen molar-refractivity contribution in [1.82, 2.24) is 14.9 Å². The Balaban J connectivity index is 1.29. The SMILES string of the molecule is [B]c1ccc2c(N3C[C@@H](C)N4Cc5nc(N6CC[C@H](OC)[C@@H](N)C6)ccc5[C@H]4C3)ccc(C#N)c2n1. The van der Waals surface area contributed by atoms with Gasteiger partial charge in [-0.25, -0.2) is 4.98 Å². The Hall–Kier alpha value is -3.19. The van der Waals surface area contributed by atoms with Crippen LogP contribution in [0.3, 0.4) is 0 Å². The average molecular weight is 479 g/mol. The number of methoxy groups -OCH3 is 1. The molecule has 6 rings (SSSR count). The number of aromatic nitrogens is 2. The van der Waals surface area contributed by atoms with Gasteiger partial charge in [0.1, 0.15) is 19.7 Å². The topological polar surface area (TPSA) is 94.5 Å². The van der Waals surface area contributed by atoms with Crippen molar-refractivity contribution in [1.29, 1.82) is 5.26 Å². The van der Waals surface area contributed by atoms with Gasteiger partial charge in [-0.2, -0.15) is 5.26 Å². The lowest BCUT2D eigenvalue weighted by molar-refractivity contribution is 0.0663. The van der Waals surface area contributed by atoms with Gasteiger partial charge in [0, 0.05) is 63.0 Å². The third-order valence-corrected chi connectivity index (χ3v) is 8.07. The lowest BCUT2D eigenvalue weighted by Gasteiger charge is -2.43. The molecular weight excluding hydrogens is 449 g/mol. The highest BCUT2D eigenvalue weighted by atomic mass is 16.5. The zero-order chi connectivity index (χ0) is 25.0. The van der Waals surface area contributed by atoms with E-state index in [2.05, 4.69) is 44.8 Å². The number of pyridine rings is 2. The smallest absolute Gasteiger partial charge is 0.141 e. The first-order chi connectivity index (χ1) is 17.5. The van der Waals surface area contributed by atoms with Crippen molar-refractivity contribution in [2.24, 2.45) is 5.73 Å². The molecule has 2 aromatic heterocycles. The zero-order valence-corrected chi connectivity index (χ0v) is 20.8. The van der Waals surface area contributed by atoms with Gasteiger partial charge < -0.3 is 20.3 Å². The third-order valence-electron chi connectivity index (χ3n) is 8.07. The van der Waals surface area contributed by atoms with E-state index in [-0.39, 0.29) is 18.2 Å². The van der Waals surface area contributed by atoms with Gasteiger partial charge in [-0.3, -0.25) is 9.88 Å². The summed E-state index contributed by atoms with van der Waals surface area (Å²) in [7, 11) is 7.68. The minimum Gasteiger partial charge on any atom is -0.380 e. The first kappa shape index (κ1) is 23.2. The van der Waals surface area contributed by atoms with Crippen LogP contribution in [0.25, 0.3) is 10.9 Å². The molecule has 2 radical (unpaired) electrons. The van der Waals surface area contributed by atoms with Crippen LogP contribution < -0.4 is 21.1 Å². The van der Waals surface area contributed by atoms with Crippen molar-refractivity contribution in [2.45, 2.75) is 44.1 Å².